The standard InChI is InChI=1S/C40H64O3.C30H50O2.C12H20O2.C10H15ClO.C10H16O2/c1-24(2)22-28-33(35(28,5)6)34(42)43-23-40-19-14-26(25(3)4)32(40)27-12-13-30-37(9)17-16-31(41)36(7,8)29(37)15-18-39(30,11)38(27,10)20-21-40;1-19(2)20-10-15-30(18-31)17-16-28(6)21(25(20)30)8-9-23-27(5)13-12-24(32)26(3,4)22(27)11-14-29(23,28)7;1-6-14-11(13)10-9(7-8(2)3)12(10,4)5;2*1-6(2)5-7-8(9(11)12)10(7,3)4/h22,26-33,41H,3,12-21,23H2,1-2,4-11H3;20-25,31-32H,1,8-18H2,2-7H3;7,9-10H,6H2,1-5H3;5,7-8H,1-4H3;5,7-8H,1-4H3,(H,11,12)/t26-,27?,28?,29?,30?,31-,32?,33?,37-,38+,39+,40+;20-,21?,22?,23?,24-,25?,27-,28+,29+,30+;;;/m00.../s1. The van der Waals surface area contributed by atoms with E-state index in [-0.39, 0.29) is 108 Å². The van der Waals surface area contributed by atoms with Crippen molar-refractivity contribution in [1.82, 2.24) is 0 Å². The lowest BCUT2D eigenvalue weighted by atomic mass is 9.32. The van der Waals surface area contributed by atoms with E-state index in [1.165, 1.54) is 149 Å². The Kier molecular flexibility index (Phi) is 25.7. The third-order valence-corrected chi connectivity index (χ3v) is 38.5. The van der Waals surface area contributed by atoms with Gasteiger partial charge in [0.15, 0.2) is 0 Å². The van der Waals surface area contributed by atoms with Gasteiger partial charge in [-0.2, -0.15) is 0 Å². The van der Waals surface area contributed by atoms with E-state index in [0.29, 0.717) is 112 Å². The topological polar surface area (TPSA) is 168 Å². The minimum absolute atomic E-state index is 0.00186. The van der Waals surface area contributed by atoms with Crippen LogP contribution in [0.2, 0.25) is 0 Å². The van der Waals surface area contributed by atoms with E-state index >= 15 is 0 Å². The number of rotatable bonds is 14. The Morgan fingerprint density at radius 1 is 0.389 bits per heavy atom. The molecule has 28 atom stereocenters. The van der Waals surface area contributed by atoms with Gasteiger partial charge in [0.1, 0.15) is 0 Å². The smallest absolute Gasteiger partial charge is 0.310 e. The SMILES string of the molecule is C=C(C)[C@@H]1CC[C@]2(CO)CC[C@]3(C)C(CCC4[C@@]5(C)CC[C@H](O)C(C)(C)C5CC[C@]43C)C12.C=C(C)[C@@H]1CC[C@]2(COC(=O)C3C(C=C(C)C)C3(C)C)CC[C@]3(C)C(CCC4[C@@]5(C)CC[C@H](O)C(C)(C)C5CC[C@]43C)C12.CC(C)=CC1C(C(=O)Cl)C1(C)C.CC(C)=CC1C(C(=O)O)C1(C)C.CCOC(=O)C1C(C=C(C)C)C1(C)C. The van der Waals surface area contributed by atoms with Gasteiger partial charge in [-0.15, -0.1) is 0 Å². The quantitative estimate of drug-likeness (QED) is 0.0746. The first-order valence-electron chi connectivity index (χ1n) is 45.5. The van der Waals surface area contributed by atoms with E-state index in [2.05, 4.69) is 190 Å². The molecule has 16 unspecified atom stereocenters. The molecule has 0 saturated heterocycles. The Bertz CT molecular complexity index is 3660. The fraction of sp³-hybridized carbons (Fsp3) is 0.843. The summed E-state index contributed by atoms with van der Waals surface area (Å²) in [5.41, 5.74) is 10.1. The number of hydrogen-bond donors (Lipinski definition) is 4. The predicted octanol–water partition coefficient (Wildman–Crippen LogP) is 24.9. The molecular weight excluding hydrogens is 1420 g/mol. The molecule has 0 aromatic carbocycles. The largest absolute Gasteiger partial charge is 0.481 e. The lowest BCUT2D eigenvalue weighted by molar-refractivity contribution is -0.250. The number of carboxylic acids is 1. The monoisotopic (exact) mass is 1590 g/mol. The van der Waals surface area contributed by atoms with Gasteiger partial charge in [-0.3, -0.25) is 19.2 Å². The predicted molar refractivity (Wildman–Crippen MR) is 464 cm³/mol. The molecule has 4 N–H and O–H groups in total. The number of allylic oxidation sites excluding steroid dienone is 10. The lowest BCUT2D eigenvalue weighted by Crippen LogP contribution is -2.66. The van der Waals surface area contributed by atoms with Gasteiger partial charge in [-0.25, -0.2) is 0 Å². The highest BCUT2D eigenvalue weighted by Crippen LogP contribution is 2.80. The highest BCUT2D eigenvalue weighted by atomic mass is 35.5. The second kappa shape index (κ2) is 31.6. The number of carbonyl (C=O) groups excluding carboxylic acids is 3. The molecule has 14 aliphatic rings. The van der Waals surface area contributed by atoms with Gasteiger partial charge in [0.25, 0.3) is 0 Å². The van der Waals surface area contributed by atoms with Gasteiger partial charge in [0.2, 0.25) is 5.24 Å². The molecule has 0 amide bonds. The number of ether oxygens (including phenoxy) is 2. The number of aliphatic carboxylic acids is 1. The first-order chi connectivity index (χ1) is 51.9. The van der Waals surface area contributed by atoms with E-state index in [1.807, 2.05) is 48.5 Å². The van der Waals surface area contributed by atoms with Crippen LogP contribution in [0.1, 0.15) is 329 Å². The molecule has 14 rings (SSSR count). The van der Waals surface area contributed by atoms with Gasteiger partial charge in [-0.05, 0) is 369 Å². The molecule has 113 heavy (non-hydrogen) atoms. The normalized spacial score (nSPS) is 45.4. The summed E-state index contributed by atoms with van der Waals surface area (Å²) >= 11 is 5.47. The zero-order valence-electron chi connectivity index (χ0n) is 77.2. The molecule has 0 aromatic rings. The van der Waals surface area contributed by atoms with Crippen LogP contribution in [0.5, 0.6) is 0 Å². The lowest BCUT2D eigenvalue weighted by Gasteiger charge is -2.73. The van der Waals surface area contributed by atoms with E-state index < -0.39 is 5.97 Å². The molecule has 11 heteroatoms. The molecule has 0 radical (unpaired) electrons. The molecule has 14 saturated carbocycles. The van der Waals surface area contributed by atoms with E-state index in [1.54, 1.807) is 0 Å². The van der Waals surface area contributed by atoms with E-state index in [9.17, 15) is 34.5 Å². The summed E-state index contributed by atoms with van der Waals surface area (Å²) in [5, 5.41) is 41.3. The van der Waals surface area contributed by atoms with Crippen LogP contribution in [0.25, 0.3) is 0 Å². The Morgan fingerprint density at radius 3 is 1.06 bits per heavy atom. The maximum Gasteiger partial charge on any atom is 0.310 e. The number of carbonyl (C=O) groups is 4. The van der Waals surface area contributed by atoms with E-state index in [0.717, 1.165) is 24.7 Å². The average molecular weight is 1590 g/mol. The van der Waals surface area contributed by atoms with Gasteiger partial charge in [0, 0.05) is 17.9 Å². The number of halogens is 1. The molecule has 0 bridgehead atoms. The Morgan fingerprint density at radius 2 is 0.726 bits per heavy atom. The van der Waals surface area contributed by atoms with Crippen molar-refractivity contribution in [3.8, 4) is 0 Å². The average Bonchev–Trinajstić information content (AvgIpc) is 1.69. The fourth-order valence-corrected chi connectivity index (χ4v) is 31.2. The van der Waals surface area contributed by atoms with Gasteiger partial charge in [-0.1, -0.05) is 196 Å². The maximum absolute atomic E-state index is 13.6. The third-order valence-electron chi connectivity index (χ3n) is 38.3. The molecule has 0 aliphatic heterocycles. The summed E-state index contributed by atoms with van der Waals surface area (Å²) in [4.78, 5) is 46.8. The maximum atomic E-state index is 13.6. The highest BCUT2D eigenvalue weighted by Gasteiger charge is 2.74. The van der Waals surface area contributed by atoms with Crippen LogP contribution in [-0.4, -0.2) is 75.6 Å². The number of carboxylic acid groups (broad SMARTS) is 1. The van der Waals surface area contributed by atoms with E-state index in [4.69, 9.17) is 26.2 Å². The Hall–Kier alpha value is -3.31. The van der Waals surface area contributed by atoms with Crippen LogP contribution in [0, 0.1) is 182 Å². The second-order valence-corrected chi connectivity index (χ2v) is 47.7. The minimum atomic E-state index is -0.664. The summed E-state index contributed by atoms with van der Waals surface area (Å²) in [6, 6.07) is 0. The third kappa shape index (κ3) is 15.5. The van der Waals surface area contributed by atoms with Crippen LogP contribution in [-0.2, 0) is 28.7 Å². The van der Waals surface area contributed by atoms with Crippen molar-refractivity contribution in [2.24, 2.45) is 182 Å². The van der Waals surface area contributed by atoms with Crippen molar-refractivity contribution >= 4 is 34.8 Å². The van der Waals surface area contributed by atoms with Gasteiger partial charge >= 0.3 is 17.9 Å². The molecule has 0 heterocycles. The van der Waals surface area contributed by atoms with Crippen LogP contribution in [0.4, 0.5) is 0 Å². The molecule has 640 valence electrons. The molecule has 10 nitrogen and oxygen atoms in total. The zero-order chi connectivity index (χ0) is 84.8. The molecule has 0 aromatic heterocycles. The van der Waals surface area contributed by atoms with Crippen molar-refractivity contribution in [3.05, 3.63) is 70.9 Å². The summed E-state index contributed by atoms with van der Waals surface area (Å²) in [7, 11) is 0. The fourth-order valence-electron chi connectivity index (χ4n) is 30.8. The molecule has 14 aliphatic carbocycles. The number of aliphatic hydroxyl groups excluding tert-OH is 3. The number of hydrogen-bond acceptors (Lipinski definition) is 9. The summed E-state index contributed by atoms with van der Waals surface area (Å²) in [6.07, 6.45) is 32.8. The van der Waals surface area contributed by atoms with Gasteiger partial charge in [0.05, 0.1) is 43.2 Å². The molecule has 0 spiro atoms. The zero-order valence-corrected chi connectivity index (χ0v) is 77.9. The Balaban J connectivity index is 0.000000167. The van der Waals surface area contributed by atoms with Crippen molar-refractivity contribution in [1.29, 1.82) is 0 Å². The summed E-state index contributed by atoms with van der Waals surface area (Å²) in [5.74, 6) is 6.91. The molecule has 14 fully saturated rings. The van der Waals surface area contributed by atoms with Crippen molar-refractivity contribution in [2.45, 2.75) is 341 Å². The number of fused-ring (bicyclic) bond motifs is 14. The van der Waals surface area contributed by atoms with Crippen LogP contribution in [0.15, 0.2) is 70.9 Å². The summed E-state index contributed by atoms with van der Waals surface area (Å²) in [6.45, 7) is 75.6. The second-order valence-electron chi connectivity index (χ2n) is 47.3. The first kappa shape index (κ1) is 92.0. The number of esters is 2. The van der Waals surface area contributed by atoms with Crippen LogP contribution in [0.3, 0.4) is 0 Å². The first-order valence-corrected chi connectivity index (χ1v) is 45.9. The number of aliphatic hydroxyl groups is 3. The van der Waals surface area contributed by atoms with Crippen LogP contribution >= 0.6 is 11.6 Å². The minimum Gasteiger partial charge on any atom is -0.481 e. The molecular formula is C102H165ClO10. The van der Waals surface area contributed by atoms with Crippen molar-refractivity contribution < 1.29 is 49.1 Å². The van der Waals surface area contributed by atoms with Crippen molar-refractivity contribution in [3.63, 3.8) is 0 Å². The summed E-state index contributed by atoms with van der Waals surface area (Å²) < 4.78 is 11.5. The van der Waals surface area contributed by atoms with Crippen molar-refractivity contribution in [2.75, 3.05) is 19.8 Å². The van der Waals surface area contributed by atoms with Gasteiger partial charge < -0.3 is 29.9 Å². The Labute approximate surface area is 694 Å². The van der Waals surface area contributed by atoms with Crippen LogP contribution < -0.4 is 0 Å². The highest BCUT2D eigenvalue weighted by molar-refractivity contribution is 6.64.